The molecule has 0 spiro atoms. The SMILES string of the molecule is COc1ccc(-n2c(O)c(C=C3C=Nc4ccc(Br)cc43)c(=O)[nH]c2=O)c(OC)c1. The van der Waals surface area contributed by atoms with Gasteiger partial charge in [0.05, 0.1) is 25.6 Å². The van der Waals surface area contributed by atoms with Crippen molar-refractivity contribution < 1.29 is 14.6 Å². The van der Waals surface area contributed by atoms with Crippen LogP contribution in [0.2, 0.25) is 0 Å². The van der Waals surface area contributed by atoms with E-state index >= 15 is 0 Å². The predicted octanol–water partition coefficient (Wildman–Crippen LogP) is 3.27. The minimum Gasteiger partial charge on any atom is -0.497 e. The van der Waals surface area contributed by atoms with Crippen molar-refractivity contribution in [2.45, 2.75) is 0 Å². The standard InChI is InChI=1S/C21H16BrN3O5/c1-29-13-4-6-17(18(9-13)30-2)25-20(27)15(19(26)24-21(25)28)7-11-10-23-16-5-3-12(22)8-14(11)16/h3-10,27H,1-2H3,(H,24,26,28). The largest absolute Gasteiger partial charge is 0.497 e. The first-order valence-electron chi connectivity index (χ1n) is 8.79. The fraction of sp³-hybridized carbons (Fsp3) is 0.0952. The maximum Gasteiger partial charge on any atom is 0.335 e. The number of allylic oxidation sites excluding steroid dienone is 1. The molecule has 1 aliphatic heterocycles. The lowest BCUT2D eigenvalue weighted by Gasteiger charge is -2.14. The van der Waals surface area contributed by atoms with Crippen molar-refractivity contribution in [3.63, 3.8) is 0 Å². The molecule has 0 amide bonds. The van der Waals surface area contributed by atoms with E-state index in [4.69, 9.17) is 9.47 Å². The van der Waals surface area contributed by atoms with E-state index in [9.17, 15) is 14.7 Å². The third-order valence-electron chi connectivity index (χ3n) is 4.66. The van der Waals surface area contributed by atoms with E-state index < -0.39 is 17.1 Å². The van der Waals surface area contributed by atoms with E-state index in [0.717, 1.165) is 20.3 Å². The van der Waals surface area contributed by atoms with Crippen molar-refractivity contribution >= 4 is 39.5 Å². The van der Waals surface area contributed by atoms with Gasteiger partial charge < -0.3 is 14.6 Å². The number of hydrogen-bond donors (Lipinski definition) is 2. The lowest BCUT2D eigenvalue weighted by molar-refractivity contribution is 0.388. The molecule has 0 saturated heterocycles. The van der Waals surface area contributed by atoms with Gasteiger partial charge in [0.1, 0.15) is 17.1 Å². The minimum absolute atomic E-state index is 0.0817. The highest BCUT2D eigenvalue weighted by molar-refractivity contribution is 9.10. The number of aromatic nitrogens is 2. The minimum atomic E-state index is -0.800. The second-order valence-electron chi connectivity index (χ2n) is 6.39. The van der Waals surface area contributed by atoms with Crippen molar-refractivity contribution in [3.05, 3.63) is 72.8 Å². The van der Waals surface area contributed by atoms with Crippen molar-refractivity contribution in [1.29, 1.82) is 0 Å². The van der Waals surface area contributed by atoms with E-state index in [1.54, 1.807) is 24.4 Å². The number of aliphatic imine (C=N–C) groups is 1. The number of benzene rings is 2. The number of H-pyrrole nitrogens is 1. The normalized spacial score (nSPS) is 13.5. The van der Waals surface area contributed by atoms with Gasteiger partial charge in [-0.05, 0) is 36.4 Å². The highest BCUT2D eigenvalue weighted by Gasteiger charge is 2.20. The summed E-state index contributed by atoms with van der Waals surface area (Å²) >= 11 is 3.42. The number of hydrogen-bond acceptors (Lipinski definition) is 6. The van der Waals surface area contributed by atoms with Gasteiger partial charge in [0, 0.05) is 27.9 Å². The number of aromatic hydroxyl groups is 1. The molecule has 9 heteroatoms. The lowest BCUT2D eigenvalue weighted by atomic mass is 10.1. The van der Waals surface area contributed by atoms with Crippen molar-refractivity contribution in [2.75, 3.05) is 14.2 Å². The Hall–Kier alpha value is -3.59. The van der Waals surface area contributed by atoms with E-state index in [1.807, 2.05) is 18.2 Å². The summed E-state index contributed by atoms with van der Waals surface area (Å²) in [6.07, 6.45) is 3.08. The lowest BCUT2D eigenvalue weighted by Crippen LogP contribution is -2.30. The van der Waals surface area contributed by atoms with E-state index in [1.165, 1.54) is 20.3 Å². The van der Waals surface area contributed by atoms with Crippen LogP contribution in [0.5, 0.6) is 17.4 Å². The molecule has 0 unspecified atom stereocenters. The number of nitrogens with zero attached hydrogens (tertiary/aromatic N) is 2. The first-order valence-corrected chi connectivity index (χ1v) is 9.58. The van der Waals surface area contributed by atoms with Gasteiger partial charge in [-0.25, -0.2) is 9.36 Å². The molecule has 0 radical (unpaired) electrons. The number of ether oxygens (including phenoxy) is 2. The van der Waals surface area contributed by atoms with Gasteiger partial charge in [0.25, 0.3) is 5.56 Å². The second-order valence-corrected chi connectivity index (χ2v) is 7.30. The summed E-state index contributed by atoms with van der Waals surface area (Å²) in [6, 6.07) is 10.3. The maximum atomic E-state index is 12.5. The summed E-state index contributed by atoms with van der Waals surface area (Å²) < 4.78 is 12.3. The third kappa shape index (κ3) is 3.33. The molecule has 3 aromatic rings. The van der Waals surface area contributed by atoms with Gasteiger partial charge >= 0.3 is 5.69 Å². The van der Waals surface area contributed by atoms with E-state index in [-0.39, 0.29) is 17.0 Å². The Kier molecular flexibility index (Phi) is 5.04. The quantitative estimate of drug-likeness (QED) is 0.609. The summed E-state index contributed by atoms with van der Waals surface area (Å²) in [6.45, 7) is 0. The molecule has 1 aliphatic rings. The monoisotopic (exact) mass is 469 g/mol. The van der Waals surface area contributed by atoms with Gasteiger partial charge in [0.2, 0.25) is 5.88 Å². The average Bonchev–Trinajstić information content (AvgIpc) is 3.12. The Balaban J connectivity index is 1.92. The molecule has 0 atom stereocenters. The van der Waals surface area contributed by atoms with Crippen LogP contribution < -0.4 is 20.7 Å². The van der Waals surface area contributed by atoms with Gasteiger partial charge in [-0.1, -0.05) is 15.9 Å². The summed E-state index contributed by atoms with van der Waals surface area (Å²) in [5.41, 5.74) is 0.811. The van der Waals surface area contributed by atoms with Crippen molar-refractivity contribution in [3.8, 4) is 23.1 Å². The number of halogens is 1. The van der Waals surface area contributed by atoms with Crippen LogP contribution >= 0.6 is 15.9 Å². The zero-order valence-corrected chi connectivity index (χ0v) is 17.6. The molecule has 0 aliphatic carbocycles. The molecular weight excluding hydrogens is 454 g/mol. The van der Waals surface area contributed by atoms with Crippen LogP contribution in [0.3, 0.4) is 0 Å². The molecule has 30 heavy (non-hydrogen) atoms. The van der Waals surface area contributed by atoms with E-state index in [2.05, 4.69) is 25.9 Å². The highest BCUT2D eigenvalue weighted by atomic mass is 79.9. The van der Waals surface area contributed by atoms with Crippen LogP contribution in [0, 0.1) is 0 Å². The molecule has 2 heterocycles. The van der Waals surface area contributed by atoms with Crippen LogP contribution in [0.1, 0.15) is 11.1 Å². The number of aromatic amines is 1. The molecule has 0 bridgehead atoms. The molecule has 0 saturated carbocycles. The topological polar surface area (TPSA) is 106 Å². The van der Waals surface area contributed by atoms with Crippen LogP contribution in [-0.4, -0.2) is 35.1 Å². The van der Waals surface area contributed by atoms with Crippen LogP contribution in [0.4, 0.5) is 5.69 Å². The fourth-order valence-corrected chi connectivity index (χ4v) is 3.55. The Morgan fingerprint density at radius 2 is 1.93 bits per heavy atom. The molecule has 152 valence electrons. The maximum absolute atomic E-state index is 12.5. The summed E-state index contributed by atoms with van der Waals surface area (Å²) in [4.78, 5) is 31.6. The number of rotatable bonds is 4. The molecule has 4 rings (SSSR count). The molecule has 0 fully saturated rings. The van der Waals surface area contributed by atoms with Crippen LogP contribution in [0.25, 0.3) is 17.3 Å². The van der Waals surface area contributed by atoms with Gasteiger partial charge in [-0.3, -0.25) is 14.8 Å². The van der Waals surface area contributed by atoms with Crippen molar-refractivity contribution in [1.82, 2.24) is 9.55 Å². The van der Waals surface area contributed by atoms with E-state index in [0.29, 0.717) is 11.3 Å². The molecule has 8 nitrogen and oxygen atoms in total. The third-order valence-corrected chi connectivity index (χ3v) is 5.15. The van der Waals surface area contributed by atoms with Gasteiger partial charge in [-0.15, -0.1) is 0 Å². The summed E-state index contributed by atoms with van der Waals surface area (Å²) in [5, 5.41) is 10.9. The summed E-state index contributed by atoms with van der Waals surface area (Å²) in [7, 11) is 2.93. The Morgan fingerprint density at radius 3 is 2.67 bits per heavy atom. The Labute approximate surface area is 178 Å². The average molecular weight is 470 g/mol. The Morgan fingerprint density at radius 1 is 1.13 bits per heavy atom. The zero-order chi connectivity index (χ0) is 21.4. The van der Waals surface area contributed by atoms with Gasteiger partial charge in [0.15, 0.2) is 0 Å². The second kappa shape index (κ2) is 7.68. The highest BCUT2D eigenvalue weighted by Crippen LogP contribution is 2.35. The number of methoxy groups -OCH3 is 2. The number of fused-ring (bicyclic) bond motifs is 1. The summed E-state index contributed by atoms with van der Waals surface area (Å²) in [5.74, 6) is 0.282. The van der Waals surface area contributed by atoms with Crippen LogP contribution in [-0.2, 0) is 0 Å². The van der Waals surface area contributed by atoms with Crippen molar-refractivity contribution in [2.24, 2.45) is 4.99 Å². The molecule has 1 aromatic heterocycles. The van der Waals surface area contributed by atoms with Gasteiger partial charge in [-0.2, -0.15) is 0 Å². The first-order chi connectivity index (χ1) is 14.4. The first kappa shape index (κ1) is 19.7. The molecule has 2 N–H and O–H groups in total. The molecular formula is C21H16BrN3O5. The zero-order valence-electron chi connectivity index (χ0n) is 16.0. The smallest absolute Gasteiger partial charge is 0.335 e. The van der Waals surface area contributed by atoms with Crippen LogP contribution in [0.15, 0.2) is 55.5 Å². The Bertz CT molecular complexity index is 1340. The number of nitrogens with one attached hydrogen (secondary N) is 1. The predicted molar refractivity (Wildman–Crippen MR) is 118 cm³/mol. The molecule has 2 aromatic carbocycles. The fourth-order valence-electron chi connectivity index (χ4n) is 3.19.